The van der Waals surface area contributed by atoms with Crippen molar-refractivity contribution in [1.82, 2.24) is 29.6 Å². The average Bonchev–Trinajstić information content (AvgIpc) is 3.34. The fourth-order valence-corrected chi connectivity index (χ4v) is 3.26. The molecule has 2 aromatic heterocycles. The monoisotopic (exact) mass is 377 g/mol. The van der Waals surface area contributed by atoms with Crippen LogP contribution in [-0.2, 0) is 7.05 Å². The Kier molecular flexibility index (Phi) is 4.50. The number of hydrogen-bond acceptors (Lipinski definition) is 7. The molecule has 0 spiro atoms. The van der Waals surface area contributed by atoms with Crippen LogP contribution in [0.5, 0.6) is 0 Å². The van der Waals surface area contributed by atoms with Gasteiger partial charge in [-0.1, -0.05) is 0 Å². The van der Waals surface area contributed by atoms with Crippen molar-refractivity contribution < 1.29 is 0 Å². The SMILES string of the molecule is CCN(CC)c1ccc(N=C2C(C)=Nn3nc(-c4nncn4C)nc32)c(C)c1. The van der Waals surface area contributed by atoms with Gasteiger partial charge >= 0.3 is 0 Å². The van der Waals surface area contributed by atoms with Gasteiger partial charge < -0.3 is 9.47 Å². The summed E-state index contributed by atoms with van der Waals surface area (Å²) in [5.41, 5.74) is 4.72. The van der Waals surface area contributed by atoms with Crippen LogP contribution < -0.4 is 4.90 Å². The lowest BCUT2D eigenvalue weighted by Gasteiger charge is -2.21. The highest BCUT2D eigenvalue weighted by molar-refractivity contribution is 6.48. The number of hydrogen-bond donors (Lipinski definition) is 0. The molecular weight excluding hydrogens is 354 g/mol. The van der Waals surface area contributed by atoms with Crippen molar-refractivity contribution in [2.24, 2.45) is 17.1 Å². The highest BCUT2D eigenvalue weighted by Gasteiger charge is 2.26. The third kappa shape index (κ3) is 2.98. The summed E-state index contributed by atoms with van der Waals surface area (Å²) in [4.78, 5) is 13.3. The number of aliphatic imine (C=N–C) groups is 1. The van der Waals surface area contributed by atoms with E-state index in [4.69, 9.17) is 4.99 Å². The fourth-order valence-electron chi connectivity index (χ4n) is 3.26. The molecule has 28 heavy (non-hydrogen) atoms. The molecule has 3 heterocycles. The molecule has 0 saturated heterocycles. The van der Waals surface area contributed by atoms with Crippen LogP contribution in [0.2, 0.25) is 0 Å². The molecule has 4 rings (SSSR count). The molecule has 1 aliphatic heterocycles. The van der Waals surface area contributed by atoms with Crippen LogP contribution in [0.25, 0.3) is 11.6 Å². The lowest BCUT2D eigenvalue weighted by molar-refractivity contribution is 0.743. The van der Waals surface area contributed by atoms with Crippen molar-refractivity contribution in [3.05, 3.63) is 35.9 Å². The number of aryl methyl sites for hydroxylation is 2. The van der Waals surface area contributed by atoms with Crippen molar-refractivity contribution in [3.8, 4) is 11.6 Å². The summed E-state index contributed by atoms with van der Waals surface area (Å²) in [6, 6.07) is 6.33. The van der Waals surface area contributed by atoms with E-state index in [9.17, 15) is 0 Å². The molecule has 0 aliphatic carbocycles. The molecule has 1 aliphatic rings. The van der Waals surface area contributed by atoms with Crippen molar-refractivity contribution in [3.63, 3.8) is 0 Å². The summed E-state index contributed by atoms with van der Waals surface area (Å²) in [5, 5.41) is 16.8. The average molecular weight is 377 g/mol. The Bertz CT molecular complexity index is 1080. The van der Waals surface area contributed by atoms with E-state index in [1.807, 2.05) is 20.0 Å². The van der Waals surface area contributed by atoms with Gasteiger partial charge in [0.2, 0.25) is 17.5 Å². The summed E-state index contributed by atoms with van der Waals surface area (Å²) in [6.07, 6.45) is 1.62. The summed E-state index contributed by atoms with van der Waals surface area (Å²) in [6.45, 7) is 10.3. The van der Waals surface area contributed by atoms with Crippen molar-refractivity contribution >= 4 is 22.8 Å². The Morgan fingerprint density at radius 2 is 1.89 bits per heavy atom. The van der Waals surface area contributed by atoms with Crippen molar-refractivity contribution in [2.75, 3.05) is 18.0 Å². The Labute approximate surface area is 163 Å². The Balaban J connectivity index is 1.72. The first-order valence-corrected chi connectivity index (χ1v) is 9.33. The third-order valence-electron chi connectivity index (χ3n) is 4.84. The zero-order valence-electron chi connectivity index (χ0n) is 16.7. The molecular formula is C19H23N9. The van der Waals surface area contributed by atoms with Gasteiger partial charge in [-0.15, -0.1) is 20.1 Å². The lowest BCUT2D eigenvalue weighted by atomic mass is 10.1. The minimum Gasteiger partial charge on any atom is -0.372 e. The Hall–Kier alpha value is -3.36. The van der Waals surface area contributed by atoms with Gasteiger partial charge in [0.15, 0.2) is 0 Å². The second kappa shape index (κ2) is 6.99. The first-order valence-electron chi connectivity index (χ1n) is 9.33. The largest absolute Gasteiger partial charge is 0.372 e. The predicted molar refractivity (Wildman–Crippen MR) is 109 cm³/mol. The van der Waals surface area contributed by atoms with E-state index in [1.165, 1.54) is 10.5 Å². The Morgan fingerprint density at radius 1 is 1.11 bits per heavy atom. The van der Waals surface area contributed by atoms with Gasteiger partial charge in [-0.2, -0.15) is 5.10 Å². The second-order valence-corrected chi connectivity index (χ2v) is 6.70. The molecule has 0 atom stereocenters. The first-order chi connectivity index (χ1) is 13.5. The molecule has 0 amide bonds. The number of anilines is 1. The number of fused-ring (bicyclic) bond motifs is 1. The van der Waals surface area contributed by atoms with Crippen LogP contribution in [0.3, 0.4) is 0 Å². The van der Waals surface area contributed by atoms with E-state index >= 15 is 0 Å². The van der Waals surface area contributed by atoms with Gasteiger partial charge in [0.05, 0.1) is 11.4 Å². The third-order valence-corrected chi connectivity index (χ3v) is 4.84. The molecule has 9 heteroatoms. The molecule has 1 aromatic carbocycles. The van der Waals surface area contributed by atoms with Gasteiger partial charge in [0.25, 0.3) is 0 Å². The topological polar surface area (TPSA) is 89.4 Å². The quantitative estimate of drug-likeness (QED) is 0.682. The maximum Gasteiger partial charge on any atom is 0.221 e. The second-order valence-electron chi connectivity index (χ2n) is 6.70. The summed E-state index contributed by atoms with van der Waals surface area (Å²) in [7, 11) is 1.85. The molecule has 0 saturated carbocycles. The number of benzene rings is 1. The van der Waals surface area contributed by atoms with Crippen molar-refractivity contribution in [2.45, 2.75) is 27.7 Å². The highest BCUT2D eigenvalue weighted by Crippen LogP contribution is 2.27. The van der Waals surface area contributed by atoms with E-state index in [0.29, 0.717) is 17.5 Å². The van der Waals surface area contributed by atoms with Gasteiger partial charge in [-0.25, -0.2) is 9.98 Å². The highest BCUT2D eigenvalue weighted by atomic mass is 15.6. The molecule has 0 N–H and O–H groups in total. The lowest BCUT2D eigenvalue weighted by Crippen LogP contribution is -2.21. The molecule has 0 fully saturated rings. The molecule has 0 radical (unpaired) electrons. The minimum atomic E-state index is 0.479. The van der Waals surface area contributed by atoms with E-state index < -0.39 is 0 Å². The summed E-state index contributed by atoms with van der Waals surface area (Å²) in [5.74, 6) is 1.68. The Morgan fingerprint density at radius 3 is 2.54 bits per heavy atom. The predicted octanol–water partition coefficient (Wildman–Crippen LogP) is 2.59. The smallest absolute Gasteiger partial charge is 0.221 e. The summed E-state index contributed by atoms with van der Waals surface area (Å²) >= 11 is 0. The van der Waals surface area contributed by atoms with E-state index in [2.05, 4.69) is 63.2 Å². The van der Waals surface area contributed by atoms with Gasteiger partial charge in [0, 0.05) is 25.8 Å². The fraction of sp³-hybridized carbons (Fsp3) is 0.368. The molecule has 144 valence electrons. The van der Waals surface area contributed by atoms with Crippen molar-refractivity contribution in [1.29, 1.82) is 0 Å². The van der Waals surface area contributed by atoms with E-state index in [0.717, 1.165) is 35.8 Å². The normalized spacial score (nSPS) is 14.5. The number of nitrogens with zero attached hydrogens (tertiary/aromatic N) is 9. The van der Waals surface area contributed by atoms with Crippen LogP contribution in [0.15, 0.2) is 34.6 Å². The van der Waals surface area contributed by atoms with E-state index in [-0.39, 0.29) is 0 Å². The van der Waals surface area contributed by atoms with Crippen LogP contribution in [0.1, 0.15) is 32.2 Å². The minimum absolute atomic E-state index is 0.479. The van der Waals surface area contributed by atoms with Crippen LogP contribution in [0, 0.1) is 6.92 Å². The number of aromatic nitrogens is 6. The molecule has 3 aromatic rings. The van der Waals surface area contributed by atoms with Crippen LogP contribution in [-0.4, -0.2) is 54.2 Å². The maximum absolute atomic E-state index is 4.85. The van der Waals surface area contributed by atoms with E-state index in [1.54, 1.807) is 10.9 Å². The van der Waals surface area contributed by atoms with Gasteiger partial charge in [-0.3, -0.25) is 0 Å². The van der Waals surface area contributed by atoms with Gasteiger partial charge in [-0.05, 0) is 51.5 Å². The maximum atomic E-state index is 4.85. The zero-order chi connectivity index (χ0) is 19.8. The van der Waals surface area contributed by atoms with Crippen LogP contribution >= 0.6 is 0 Å². The standard InChI is InChI=1S/C19H23N9/c1-6-27(7-2)14-8-9-15(12(3)10-14)21-16-13(4)24-28-18(16)22-17(25-28)19-23-20-11-26(19)5/h8-11H,6-7H2,1-5H3. The summed E-state index contributed by atoms with van der Waals surface area (Å²) < 4.78 is 1.77. The number of rotatable bonds is 5. The van der Waals surface area contributed by atoms with Crippen LogP contribution in [0.4, 0.5) is 11.4 Å². The zero-order valence-corrected chi connectivity index (χ0v) is 16.7. The van der Waals surface area contributed by atoms with Gasteiger partial charge in [0.1, 0.15) is 12.0 Å². The molecule has 0 bridgehead atoms. The first kappa shape index (κ1) is 18.0. The molecule has 0 unspecified atom stereocenters. The molecule has 9 nitrogen and oxygen atoms in total.